The Labute approximate surface area is 107 Å². The van der Waals surface area contributed by atoms with Crippen LogP contribution in [0.25, 0.3) is 6.08 Å². The third-order valence-electron chi connectivity index (χ3n) is 2.26. The second-order valence-corrected chi connectivity index (χ2v) is 3.71. The Morgan fingerprint density at radius 1 is 1.28 bits per heavy atom. The Bertz CT molecular complexity index is 450. The van der Waals surface area contributed by atoms with Crippen molar-refractivity contribution in [3.8, 4) is 0 Å². The number of nitroso groups, excluding NO2 is 1. The monoisotopic (exact) mass is 243 g/mol. The first-order valence-electron chi connectivity index (χ1n) is 5.89. The van der Waals surface area contributed by atoms with E-state index in [-0.39, 0.29) is 0 Å². The van der Waals surface area contributed by atoms with Crippen LogP contribution in [0.4, 0.5) is 0 Å². The van der Waals surface area contributed by atoms with Crippen LogP contribution in [0.5, 0.6) is 0 Å². The fraction of sp³-hybridized carbons (Fsp3) is 0.214. The van der Waals surface area contributed by atoms with Crippen LogP contribution in [0.15, 0.2) is 52.9 Å². The lowest BCUT2D eigenvalue weighted by molar-refractivity contribution is 0.804. The van der Waals surface area contributed by atoms with E-state index in [1.165, 1.54) is 17.3 Å². The molecule has 0 saturated heterocycles. The molecule has 1 aromatic rings. The summed E-state index contributed by atoms with van der Waals surface area (Å²) in [4.78, 5) is 9.65. The number of hydrazone groups is 1. The van der Waals surface area contributed by atoms with Gasteiger partial charge in [0.15, 0.2) is 0 Å². The van der Waals surface area contributed by atoms with E-state index < -0.39 is 0 Å². The van der Waals surface area contributed by atoms with Gasteiger partial charge in [0.25, 0.3) is 0 Å². The molecular formula is C14H17N3O. The van der Waals surface area contributed by atoms with Gasteiger partial charge in [0, 0.05) is 6.21 Å². The highest BCUT2D eigenvalue weighted by Crippen LogP contribution is 2.09. The van der Waals surface area contributed by atoms with E-state index in [2.05, 4.69) is 41.6 Å². The molecule has 1 N–H and O–H groups in total. The van der Waals surface area contributed by atoms with E-state index in [0.717, 1.165) is 12.8 Å². The van der Waals surface area contributed by atoms with Crippen molar-refractivity contribution < 1.29 is 0 Å². The lowest BCUT2D eigenvalue weighted by Crippen LogP contribution is -1.89. The van der Waals surface area contributed by atoms with Crippen LogP contribution in [0.1, 0.15) is 24.5 Å². The number of rotatable bonds is 7. The maximum absolute atomic E-state index is 9.65. The van der Waals surface area contributed by atoms with E-state index >= 15 is 0 Å². The van der Waals surface area contributed by atoms with Gasteiger partial charge < -0.3 is 0 Å². The lowest BCUT2D eigenvalue weighted by Gasteiger charge is -1.99. The van der Waals surface area contributed by atoms with E-state index in [9.17, 15) is 4.91 Å². The van der Waals surface area contributed by atoms with Crippen LogP contribution in [-0.2, 0) is 6.42 Å². The summed E-state index contributed by atoms with van der Waals surface area (Å²) >= 11 is 0. The van der Waals surface area contributed by atoms with E-state index in [4.69, 9.17) is 0 Å². The molecule has 0 heterocycles. The average molecular weight is 243 g/mol. The molecule has 0 radical (unpaired) electrons. The van der Waals surface area contributed by atoms with E-state index in [0.29, 0.717) is 0 Å². The molecule has 0 saturated carbocycles. The van der Waals surface area contributed by atoms with Gasteiger partial charge in [0.1, 0.15) is 0 Å². The number of aryl methyl sites for hydroxylation is 1. The van der Waals surface area contributed by atoms with Crippen molar-refractivity contribution >= 4 is 12.3 Å². The molecule has 1 rings (SSSR count). The number of nitrogens with one attached hydrogen (secondary N) is 1. The summed E-state index contributed by atoms with van der Waals surface area (Å²) in [7, 11) is 0. The highest BCUT2D eigenvalue weighted by molar-refractivity contribution is 5.71. The average Bonchev–Trinajstić information content (AvgIpc) is 2.39. The summed E-state index contributed by atoms with van der Waals surface area (Å²) in [6.07, 6.45) is 11.2. The molecular weight excluding hydrogens is 226 g/mol. The van der Waals surface area contributed by atoms with Gasteiger partial charge in [0.2, 0.25) is 0 Å². The normalized spacial score (nSPS) is 11.6. The second kappa shape index (κ2) is 8.87. The number of benzene rings is 1. The third kappa shape index (κ3) is 5.75. The van der Waals surface area contributed by atoms with Gasteiger partial charge in [-0.3, -0.25) is 0 Å². The Morgan fingerprint density at radius 2 is 2.17 bits per heavy atom. The quantitative estimate of drug-likeness (QED) is 0.345. The molecule has 0 aromatic heterocycles. The minimum Gasteiger partial charge on any atom is -0.164 e. The van der Waals surface area contributed by atoms with Crippen LogP contribution in [0.2, 0.25) is 0 Å². The SMILES string of the molecule is CCCc1cccc(/C=C/C=C/C=N/NN=O)c1. The summed E-state index contributed by atoms with van der Waals surface area (Å²) in [5.74, 6) is 0. The van der Waals surface area contributed by atoms with Crippen molar-refractivity contribution in [1.82, 2.24) is 5.53 Å². The largest absolute Gasteiger partial charge is 0.164 e. The van der Waals surface area contributed by atoms with Gasteiger partial charge in [0.05, 0.1) is 5.29 Å². The molecule has 1 aromatic carbocycles. The number of allylic oxidation sites excluding steroid dienone is 3. The van der Waals surface area contributed by atoms with Gasteiger partial charge in [-0.15, -0.1) is 4.91 Å². The molecule has 0 amide bonds. The van der Waals surface area contributed by atoms with Crippen molar-refractivity contribution in [3.05, 3.63) is 58.5 Å². The van der Waals surface area contributed by atoms with Crippen molar-refractivity contribution in [2.45, 2.75) is 19.8 Å². The number of hydrogen-bond donors (Lipinski definition) is 1. The molecule has 0 aliphatic rings. The van der Waals surface area contributed by atoms with Crippen molar-refractivity contribution in [1.29, 1.82) is 0 Å². The lowest BCUT2D eigenvalue weighted by atomic mass is 10.1. The summed E-state index contributed by atoms with van der Waals surface area (Å²) in [5.41, 5.74) is 4.47. The van der Waals surface area contributed by atoms with Gasteiger partial charge >= 0.3 is 0 Å². The second-order valence-electron chi connectivity index (χ2n) is 3.71. The van der Waals surface area contributed by atoms with Crippen molar-refractivity contribution in [3.63, 3.8) is 0 Å². The standard InChI is InChI=1S/C14H17N3O/c1-2-7-13-9-6-10-14(12-13)8-4-3-5-11-15-16-17-18/h3-6,8-12H,2,7H2,1H3,(H,16,18)/b5-3+,8-4+,15-11+. The maximum Gasteiger partial charge on any atom is 0.0722 e. The fourth-order valence-electron chi connectivity index (χ4n) is 1.52. The zero-order valence-corrected chi connectivity index (χ0v) is 10.4. The number of nitrogens with zero attached hydrogens (tertiary/aromatic N) is 2. The van der Waals surface area contributed by atoms with E-state index in [1.807, 2.05) is 23.8 Å². The highest BCUT2D eigenvalue weighted by atomic mass is 16.3. The molecule has 0 unspecified atom stereocenters. The molecule has 4 nitrogen and oxygen atoms in total. The highest BCUT2D eigenvalue weighted by Gasteiger charge is 1.91. The summed E-state index contributed by atoms with van der Waals surface area (Å²) in [5, 5.41) is 5.88. The Balaban J connectivity index is 2.50. The van der Waals surface area contributed by atoms with Gasteiger partial charge in [-0.1, -0.05) is 55.8 Å². The predicted molar refractivity (Wildman–Crippen MR) is 76.0 cm³/mol. The smallest absolute Gasteiger partial charge is 0.0722 e. The van der Waals surface area contributed by atoms with Crippen molar-refractivity contribution in [2.75, 3.05) is 0 Å². The molecule has 94 valence electrons. The molecule has 0 aliphatic carbocycles. The van der Waals surface area contributed by atoms with E-state index in [1.54, 1.807) is 6.08 Å². The zero-order valence-electron chi connectivity index (χ0n) is 10.4. The molecule has 0 atom stereocenters. The molecule has 0 spiro atoms. The van der Waals surface area contributed by atoms with Crippen LogP contribution < -0.4 is 5.53 Å². The Hall–Kier alpha value is -2.23. The third-order valence-corrected chi connectivity index (χ3v) is 2.26. The van der Waals surface area contributed by atoms with Crippen molar-refractivity contribution in [2.24, 2.45) is 10.4 Å². The fourth-order valence-corrected chi connectivity index (χ4v) is 1.52. The Kier molecular flexibility index (Phi) is 6.82. The minimum atomic E-state index is 1.11. The summed E-state index contributed by atoms with van der Waals surface area (Å²) in [6, 6.07) is 8.45. The first kappa shape index (κ1) is 13.8. The summed E-state index contributed by atoms with van der Waals surface area (Å²) in [6.45, 7) is 2.17. The van der Waals surface area contributed by atoms with Gasteiger partial charge in [-0.25, -0.2) is 0 Å². The molecule has 4 heteroatoms. The summed E-state index contributed by atoms with van der Waals surface area (Å²) < 4.78 is 0. The maximum atomic E-state index is 9.65. The predicted octanol–water partition coefficient (Wildman–Crippen LogP) is 3.47. The molecule has 0 bridgehead atoms. The van der Waals surface area contributed by atoms with Crippen LogP contribution in [0.3, 0.4) is 0 Å². The van der Waals surface area contributed by atoms with Crippen LogP contribution >= 0.6 is 0 Å². The minimum absolute atomic E-state index is 1.11. The molecule has 0 fully saturated rings. The molecule has 18 heavy (non-hydrogen) atoms. The van der Waals surface area contributed by atoms with Crippen LogP contribution in [-0.4, -0.2) is 6.21 Å². The first-order valence-corrected chi connectivity index (χ1v) is 5.89. The number of hydrogen-bond acceptors (Lipinski definition) is 3. The Morgan fingerprint density at radius 3 is 2.94 bits per heavy atom. The first-order chi connectivity index (χ1) is 8.86. The topological polar surface area (TPSA) is 53.8 Å². The molecule has 0 aliphatic heterocycles. The van der Waals surface area contributed by atoms with Gasteiger partial charge in [-0.05, 0) is 23.6 Å². The van der Waals surface area contributed by atoms with Crippen LogP contribution in [0, 0.1) is 4.91 Å². The zero-order chi connectivity index (χ0) is 13.1. The van der Waals surface area contributed by atoms with Gasteiger partial charge in [-0.2, -0.15) is 10.6 Å².